The van der Waals surface area contributed by atoms with E-state index in [1.165, 1.54) is 0 Å². The minimum atomic E-state index is -0.500. The first-order valence-corrected chi connectivity index (χ1v) is 9.10. The van der Waals surface area contributed by atoms with Gasteiger partial charge < -0.3 is 19.9 Å². The number of Topliss-reactive ketones (excluding diaryl/α,β-unsaturated/α-hetero) is 2. The predicted molar refractivity (Wildman–Crippen MR) is 95.6 cm³/mol. The fraction of sp³-hybridized carbons (Fsp3) is 0.526. The van der Waals surface area contributed by atoms with Crippen LogP contribution in [0.1, 0.15) is 35.2 Å². The second kappa shape index (κ2) is 6.72. The van der Waals surface area contributed by atoms with E-state index in [2.05, 4.69) is 10.2 Å². The minimum Gasteiger partial charge on any atom is -0.496 e. The molecule has 2 heterocycles. The van der Waals surface area contributed by atoms with E-state index >= 15 is 0 Å². The lowest BCUT2D eigenvalue weighted by molar-refractivity contribution is -0.133. The number of hydrogen-bond donors (Lipinski definition) is 1. The average molecular weight is 357 g/mol. The zero-order valence-corrected chi connectivity index (χ0v) is 14.9. The van der Waals surface area contributed by atoms with Crippen LogP contribution in [0.2, 0.25) is 0 Å². The normalized spacial score (nSPS) is 23.4. The Bertz CT molecular complexity index is 770. The molecule has 7 nitrogen and oxygen atoms in total. The molecule has 1 atom stereocenters. The largest absolute Gasteiger partial charge is 0.496 e. The number of methoxy groups -OCH3 is 1. The van der Waals surface area contributed by atoms with Gasteiger partial charge in [0.25, 0.3) is 5.91 Å². The van der Waals surface area contributed by atoms with Crippen molar-refractivity contribution < 1.29 is 19.1 Å². The van der Waals surface area contributed by atoms with Crippen LogP contribution in [0, 0.1) is 0 Å². The van der Waals surface area contributed by atoms with Crippen molar-refractivity contribution in [3.8, 4) is 5.75 Å². The Morgan fingerprint density at radius 3 is 2.62 bits per heavy atom. The molecule has 3 aliphatic rings. The molecule has 1 saturated carbocycles. The number of carbonyl (C=O) groups excluding carboxylic acids is 3. The lowest BCUT2D eigenvalue weighted by atomic mass is 9.92. The van der Waals surface area contributed by atoms with Crippen molar-refractivity contribution >= 4 is 23.2 Å². The first kappa shape index (κ1) is 17.0. The van der Waals surface area contributed by atoms with Gasteiger partial charge in [0.05, 0.1) is 25.1 Å². The number of rotatable bonds is 3. The van der Waals surface area contributed by atoms with Crippen LogP contribution in [0.15, 0.2) is 12.1 Å². The molecule has 1 aromatic rings. The fourth-order valence-corrected chi connectivity index (χ4v) is 4.13. The van der Waals surface area contributed by atoms with Crippen molar-refractivity contribution in [1.29, 1.82) is 0 Å². The third kappa shape index (κ3) is 2.86. The molecule has 1 aromatic carbocycles. The third-order valence-corrected chi connectivity index (χ3v) is 5.50. The first-order valence-electron chi connectivity index (χ1n) is 9.10. The van der Waals surface area contributed by atoms with Crippen LogP contribution in [-0.2, 0) is 16.1 Å². The fourth-order valence-electron chi connectivity index (χ4n) is 4.13. The molecule has 1 unspecified atom stereocenters. The molecule has 26 heavy (non-hydrogen) atoms. The van der Waals surface area contributed by atoms with Crippen LogP contribution >= 0.6 is 0 Å². The van der Waals surface area contributed by atoms with Gasteiger partial charge in [0, 0.05) is 50.9 Å². The highest BCUT2D eigenvalue weighted by Crippen LogP contribution is 2.37. The van der Waals surface area contributed by atoms with E-state index in [1.54, 1.807) is 12.0 Å². The summed E-state index contributed by atoms with van der Waals surface area (Å²) in [6, 6.07) is 3.46. The van der Waals surface area contributed by atoms with Crippen LogP contribution in [0.25, 0.3) is 0 Å². The molecule has 4 rings (SSSR count). The summed E-state index contributed by atoms with van der Waals surface area (Å²) in [5.74, 6) is 0.206. The Kier molecular flexibility index (Phi) is 4.40. The summed E-state index contributed by atoms with van der Waals surface area (Å²) in [6.07, 6.45) is 0.720. The number of nitrogens with one attached hydrogen (secondary N) is 1. The van der Waals surface area contributed by atoms with Crippen LogP contribution in [-0.4, -0.2) is 61.7 Å². The molecule has 0 bridgehead atoms. The van der Waals surface area contributed by atoms with E-state index in [0.717, 1.165) is 37.4 Å². The van der Waals surface area contributed by atoms with Crippen LogP contribution in [0.4, 0.5) is 5.69 Å². The maximum absolute atomic E-state index is 13.0. The van der Waals surface area contributed by atoms with Gasteiger partial charge in [0.2, 0.25) is 0 Å². The van der Waals surface area contributed by atoms with Crippen molar-refractivity contribution in [3.63, 3.8) is 0 Å². The van der Waals surface area contributed by atoms with Crippen LogP contribution in [0.5, 0.6) is 5.75 Å². The van der Waals surface area contributed by atoms with Gasteiger partial charge in [-0.25, -0.2) is 0 Å². The summed E-state index contributed by atoms with van der Waals surface area (Å²) < 4.78 is 5.51. The van der Waals surface area contributed by atoms with E-state index in [0.29, 0.717) is 30.7 Å². The van der Waals surface area contributed by atoms with Crippen LogP contribution < -0.4 is 15.0 Å². The smallest absolute Gasteiger partial charge is 0.258 e. The lowest BCUT2D eigenvalue weighted by Gasteiger charge is -2.30. The number of fused-ring (bicyclic) bond motifs is 1. The van der Waals surface area contributed by atoms with E-state index < -0.39 is 6.04 Å². The van der Waals surface area contributed by atoms with Crippen molar-refractivity contribution in [2.24, 2.45) is 0 Å². The Labute approximate surface area is 152 Å². The number of hydrogen-bond acceptors (Lipinski definition) is 6. The van der Waals surface area contributed by atoms with Crippen molar-refractivity contribution in [3.05, 3.63) is 23.3 Å². The summed E-state index contributed by atoms with van der Waals surface area (Å²) in [6.45, 7) is 4.06. The molecule has 1 amide bonds. The van der Waals surface area contributed by atoms with E-state index in [4.69, 9.17) is 4.74 Å². The number of amides is 1. The second-order valence-corrected chi connectivity index (χ2v) is 7.09. The molecule has 1 aliphatic carbocycles. The summed E-state index contributed by atoms with van der Waals surface area (Å²) in [4.78, 5) is 40.7. The van der Waals surface area contributed by atoms with Crippen molar-refractivity contribution in [2.75, 3.05) is 38.2 Å². The predicted octanol–water partition coefficient (Wildman–Crippen LogP) is 0.751. The van der Waals surface area contributed by atoms with Gasteiger partial charge in [-0.1, -0.05) is 0 Å². The minimum absolute atomic E-state index is 0.0333. The van der Waals surface area contributed by atoms with Gasteiger partial charge in [0.15, 0.2) is 5.78 Å². The third-order valence-electron chi connectivity index (χ3n) is 5.50. The number of benzene rings is 1. The maximum atomic E-state index is 13.0. The Morgan fingerprint density at radius 1 is 1.15 bits per heavy atom. The molecule has 7 heteroatoms. The van der Waals surface area contributed by atoms with E-state index in [1.807, 2.05) is 12.1 Å². The van der Waals surface area contributed by atoms with Crippen molar-refractivity contribution in [2.45, 2.75) is 31.8 Å². The van der Waals surface area contributed by atoms with E-state index in [-0.39, 0.29) is 23.9 Å². The highest BCUT2D eigenvalue weighted by atomic mass is 16.5. The number of ketones is 2. The zero-order chi connectivity index (χ0) is 18.3. The maximum Gasteiger partial charge on any atom is 0.258 e. The highest BCUT2D eigenvalue weighted by Gasteiger charge is 2.40. The molecule has 0 aromatic heterocycles. The van der Waals surface area contributed by atoms with Gasteiger partial charge in [-0.15, -0.1) is 0 Å². The molecule has 138 valence electrons. The second-order valence-electron chi connectivity index (χ2n) is 7.09. The van der Waals surface area contributed by atoms with Crippen LogP contribution in [0.3, 0.4) is 0 Å². The summed E-state index contributed by atoms with van der Waals surface area (Å²) in [5.41, 5.74) is 2.49. The van der Waals surface area contributed by atoms with Crippen molar-refractivity contribution in [1.82, 2.24) is 10.2 Å². The molecular weight excluding hydrogens is 334 g/mol. The van der Waals surface area contributed by atoms with E-state index in [9.17, 15) is 14.4 Å². The Balaban J connectivity index is 1.64. The summed E-state index contributed by atoms with van der Waals surface area (Å²) >= 11 is 0. The number of carbonyl (C=O) groups is 3. The Hall–Kier alpha value is -2.41. The zero-order valence-electron chi connectivity index (χ0n) is 14.9. The SMILES string of the molecule is COc1cc(N2CCNCC2)cc2c1C(=O)N(C1CCC(=O)CC1=O)C2. The number of anilines is 1. The number of nitrogens with zero attached hydrogens (tertiary/aromatic N) is 2. The van der Waals surface area contributed by atoms with Gasteiger partial charge >= 0.3 is 0 Å². The number of ether oxygens (including phenoxy) is 1. The lowest BCUT2D eigenvalue weighted by Crippen LogP contribution is -2.44. The molecule has 2 fully saturated rings. The summed E-state index contributed by atoms with van der Waals surface area (Å²) in [5, 5.41) is 3.33. The first-order chi connectivity index (χ1) is 12.6. The van der Waals surface area contributed by atoms with Gasteiger partial charge in [0.1, 0.15) is 11.5 Å². The van der Waals surface area contributed by atoms with Gasteiger partial charge in [-0.2, -0.15) is 0 Å². The highest BCUT2D eigenvalue weighted by molar-refractivity contribution is 6.08. The topological polar surface area (TPSA) is 79.0 Å². The standard InChI is InChI=1S/C19H23N3O4/c1-26-17-9-13(21-6-4-20-5-7-21)8-12-11-22(19(25)18(12)17)15-3-2-14(23)10-16(15)24/h8-9,15,20H,2-7,10-11H2,1H3. The Morgan fingerprint density at radius 2 is 1.92 bits per heavy atom. The molecule has 1 saturated heterocycles. The summed E-state index contributed by atoms with van der Waals surface area (Å²) in [7, 11) is 1.57. The van der Waals surface area contributed by atoms with Gasteiger partial charge in [-0.05, 0) is 18.1 Å². The number of piperazine rings is 1. The molecule has 1 N–H and O–H groups in total. The van der Waals surface area contributed by atoms with Gasteiger partial charge in [-0.3, -0.25) is 14.4 Å². The monoisotopic (exact) mass is 357 g/mol. The quantitative estimate of drug-likeness (QED) is 0.805. The molecule has 2 aliphatic heterocycles. The average Bonchev–Trinajstić information content (AvgIpc) is 2.98. The molecular formula is C19H23N3O4. The molecule has 0 spiro atoms. The molecule has 0 radical (unpaired) electrons.